The number of benzene rings is 1. The van der Waals surface area contributed by atoms with Gasteiger partial charge in [0.05, 0.1) is 6.54 Å². The van der Waals surface area contributed by atoms with Crippen LogP contribution < -0.4 is 5.32 Å². The third-order valence-electron chi connectivity index (χ3n) is 4.12. The van der Waals surface area contributed by atoms with Crippen molar-refractivity contribution >= 4 is 29.1 Å². The van der Waals surface area contributed by atoms with Gasteiger partial charge in [-0.25, -0.2) is 4.79 Å². The van der Waals surface area contributed by atoms with E-state index in [-0.39, 0.29) is 12.3 Å². The molecular weight excluding hydrogens is 312 g/mol. The van der Waals surface area contributed by atoms with Crippen molar-refractivity contribution in [1.29, 1.82) is 0 Å². The Hall–Kier alpha value is -2.47. The van der Waals surface area contributed by atoms with Crippen LogP contribution in [0.1, 0.15) is 28.4 Å². The second kappa shape index (κ2) is 5.62. The van der Waals surface area contributed by atoms with Crippen LogP contribution in [0.25, 0.3) is 0 Å². The number of imide groups is 1. The standard InChI is InChI=1S/C17H16N2O3S/c1-11-5-3-4-6-13(11)14(20)9-19-15(21)17(2,18-16(19)22)12-7-8-23-10-12/h3-8,10H,9H2,1-2H3,(H,18,22)/t17-/m0/s1. The Morgan fingerprint density at radius 3 is 2.65 bits per heavy atom. The highest BCUT2D eigenvalue weighted by Gasteiger charge is 2.49. The number of carbonyl (C=O) groups is 3. The summed E-state index contributed by atoms with van der Waals surface area (Å²) < 4.78 is 0. The first-order valence-corrected chi connectivity index (χ1v) is 8.13. The molecule has 3 rings (SSSR count). The van der Waals surface area contributed by atoms with Crippen LogP contribution in [-0.4, -0.2) is 29.2 Å². The van der Waals surface area contributed by atoms with Crippen LogP contribution in [0.3, 0.4) is 0 Å². The Morgan fingerprint density at radius 1 is 1.26 bits per heavy atom. The lowest BCUT2D eigenvalue weighted by Gasteiger charge is -2.20. The molecule has 23 heavy (non-hydrogen) atoms. The number of amides is 3. The molecule has 0 unspecified atom stereocenters. The number of rotatable bonds is 4. The number of ketones is 1. The summed E-state index contributed by atoms with van der Waals surface area (Å²) in [7, 11) is 0. The van der Waals surface area contributed by atoms with E-state index in [0.29, 0.717) is 5.56 Å². The highest BCUT2D eigenvalue weighted by atomic mass is 32.1. The fourth-order valence-corrected chi connectivity index (χ4v) is 3.46. The molecule has 118 valence electrons. The lowest BCUT2D eigenvalue weighted by Crippen LogP contribution is -2.41. The van der Waals surface area contributed by atoms with Gasteiger partial charge in [0.2, 0.25) is 0 Å². The molecule has 1 aliphatic heterocycles. The quantitative estimate of drug-likeness (QED) is 0.693. The largest absolute Gasteiger partial charge is 0.325 e. The van der Waals surface area contributed by atoms with E-state index in [2.05, 4.69) is 5.32 Å². The molecule has 0 radical (unpaired) electrons. The van der Waals surface area contributed by atoms with Gasteiger partial charge in [0.15, 0.2) is 5.78 Å². The molecule has 1 aromatic heterocycles. The van der Waals surface area contributed by atoms with Gasteiger partial charge >= 0.3 is 6.03 Å². The molecule has 2 aromatic rings. The maximum atomic E-state index is 12.7. The lowest BCUT2D eigenvalue weighted by atomic mass is 9.95. The van der Waals surface area contributed by atoms with E-state index in [9.17, 15) is 14.4 Å². The molecule has 0 bridgehead atoms. The Kier molecular flexibility index (Phi) is 3.77. The van der Waals surface area contributed by atoms with E-state index in [4.69, 9.17) is 0 Å². The van der Waals surface area contributed by atoms with E-state index in [1.165, 1.54) is 11.3 Å². The maximum absolute atomic E-state index is 12.7. The summed E-state index contributed by atoms with van der Waals surface area (Å²) in [6.07, 6.45) is 0. The SMILES string of the molecule is Cc1ccccc1C(=O)CN1C(=O)N[C@@](C)(c2ccsc2)C1=O. The predicted octanol–water partition coefficient (Wildman–Crippen LogP) is 2.71. The molecule has 0 spiro atoms. The molecule has 1 atom stereocenters. The van der Waals surface area contributed by atoms with Crippen LogP contribution in [-0.2, 0) is 10.3 Å². The van der Waals surface area contributed by atoms with Crippen LogP contribution in [0, 0.1) is 6.92 Å². The number of Topliss-reactive ketones (excluding diaryl/α,β-unsaturated/α-hetero) is 1. The minimum absolute atomic E-state index is 0.249. The van der Waals surface area contributed by atoms with Gasteiger partial charge in [-0.15, -0.1) is 0 Å². The van der Waals surface area contributed by atoms with E-state index in [0.717, 1.165) is 16.0 Å². The number of hydrogen-bond donors (Lipinski definition) is 1. The molecule has 1 N–H and O–H groups in total. The first-order chi connectivity index (χ1) is 10.9. The summed E-state index contributed by atoms with van der Waals surface area (Å²) in [4.78, 5) is 38.3. The Bertz CT molecular complexity index is 785. The highest BCUT2D eigenvalue weighted by Crippen LogP contribution is 2.30. The fraction of sp³-hybridized carbons (Fsp3) is 0.235. The van der Waals surface area contributed by atoms with Crippen molar-refractivity contribution in [2.75, 3.05) is 6.54 Å². The number of nitrogens with one attached hydrogen (secondary N) is 1. The average Bonchev–Trinajstić information content (AvgIpc) is 3.12. The van der Waals surface area contributed by atoms with Gasteiger partial charge in [-0.2, -0.15) is 11.3 Å². The van der Waals surface area contributed by atoms with Crippen LogP contribution in [0.2, 0.25) is 0 Å². The second-order valence-corrected chi connectivity index (χ2v) is 6.48. The van der Waals surface area contributed by atoms with Gasteiger partial charge in [0.1, 0.15) is 5.54 Å². The molecule has 1 aromatic carbocycles. The molecule has 6 heteroatoms. The third-order valence-corrected chi connectivity index (χ3v) is 4.80. The number of aryl methyl sites for hydroxylation is 1. The van der Waals surface area contributed by atoms with Crippen molar-refractivity contribution in [2.24, 2.45) is 0 Å². The minimum atomic E-state index is -1.11. The van der Waals surface area contributed by atoms with E-state index in [1.54, 1.807) is 25.1 Å². The topological polar surface area (TPSA) is 66.5 Å². The predicted molar refractivity (Wildman–Crippen MR) is 87.4 cm³/mol. The molecule has 0 saturated carbocycles. The van der Waals surface area contributed by atoms with Crippen LogP contribution in [0.4, 0.5) is 4.79 Å². The molecule has 1 aliphatic rings. The van der Waals surface area contributed by atoms with Gasteiger partial charge in [0, 0.05) is 5.56 Å². The summed E-state index contributed by atoms with van der Waals surface area (Å²) in [6, 6.07) is 8.40. The number of hydrogen-bond acceptors (Lipinski definition) is 4. The van der Waals surface area contributed by atoms with Gasteiger partial charge in [0.25, 0.3) is 5.91 Å². The van der Waals surface area contributed by atoms with Crippen molar-refractivity contribution in [3.8, 4) is 0 Å². The summed E-state index contributed by atoms with van der Waals surface area (Å²) in [5, 5.41) is 6.37. The minimum Gasteiger partial charge on any atom is -0.319 e. The number of carbonyl (C=O) groups excluding carboxylic acids is 3. The molecule has 0 aliphatic carbocycles. The summed E-state index contributed by atoms with van der Waals surface area (Å²) >= 11 is 1.45. The van der Waals surface area contributed by atoms with E-state index in [1.807, 2.05) is 29.8 Å². The van der Waals surface area contributed by atoms with Gasteiger partial charge < -0.3 is 5.32 Å². The smallest absolute Gasteiger partial charge is 0.319 e. The van der Waals surface area contributed by atoms with Crippen LogP contribution in [0.15, 0.2) is 41.1 Å². The fourth-order valence-electron chi connectivity index (χ4n) is 2.70. The Morgan fingerprint density at radius 2 is 2.00 bits per heavy atom. The summed E-state index contributed by atoms with van der Waals surface area (Å²) in [5.41, 5.74) is 0.970. The van der Waals surface area contributed by atoms with Gasteiger partial charge in [-0.3, -0.25) is 14.5 Å². The van der Waals surface area contributed by atoms with Crippen molar-refractivity contribution in [3.63, 3.8) is 0 Å². The van der Waals surface area contributed by atoms with Crippen LogP contribution >= 0.6 is 11.3 Å². The zero-order valence-electron chi connectivity index (χ0n) is 12.8. The second-order valence-electron chi connectivity index (χ2n) is 5.70. The molecule has 1 saturated heterocycles. The monoisotopic (exact) mass is 328 g/mol. The average molecular weight is 328 g/mol. The zero-order valence-corrected chi connectivity index (χ0v) is 13.6. The Labute approximate surface area is 137 Å². The van der Waals surface area contributed by atoms with Gasteiger partial charge in [-0.1, -0.05) is 24.3 Å². The first-order valence-electron chi connectivity index (χ1n) is 7.19. The normalized spacial score (nSPS) is 20.7. The first kappa shape index (κ1) is 15.4. The van der Waals surface area contributed by atoms with E-state index >= 15 is 0 Å². The summed E-state index contributed by atoms with van der Waals surface area (Å²) in [6.45, 7) is 3.23. The van der Waals surface area contributed by atoms with Crippen molar-refractivity contribution in [3.05, 3.63) is 57.8 Å². The van der Waals surface area contributed by atoms with Crippen molar-refractivity contribution < 1.29 is 14.4 Å². The molecule has 2 heterocycles. The molecule has 1 fully saturated rings. The van der Waals surface area contributed by atoms with Crippen LogP contribution in [0.5, 0.6) is 0 Å². The Balaban J connectivity index is 1.84. The molecule has 3 amide bonds. The van der Waals surface area contributed by atoms with Gasteiger partial charge in [-0.05, 0) is 41.8 Å². The van der Waals surface area contributed by atoms with E-state index < -0.39 is 17.5 Å². The van der Waals surface area contributed by atoms with Crippen molar-refractivity contribution in [1.82, 2.24) is 10.2 Å². The molecule has 5 nitrogen and oxygen atoms in total. The number of nitrogens with zero attached hydrogens (tertiary/aromatic N) is 1. The lowest BCUT2D eigenvalue weighted by molar-refractivity contribution is -0.130. The third kappa shape index (κ3) is 2.55. The number of thiophene rings is 1. The van der Waals surface area contributed by atoms with Crippen molar-refractivity contribution in [2.45, 2.75) is 19.4 Å². The highest BCUT2D eigenvalue weighted by molar-refractivity contribution is 7.08. The number of urea groups is 1. The summed E-state index contributed by atoms with van der Waals surface area (Å²) in [5.74, 6) is -0.649. The zero-order chi connectivity index (χ0) is 16.6. The molecular formula is C17H16N2O3S. The maximum Gasteiger partial charge on any atom is 0.325 e.